The topological polar surface area (TPSA) is 59.3 Å². The smallest absolute Gasteiger partial charge is 0.387 e. The molecule has 0 N–H and O–H groups in total. The molecule has 0 aromatic heterocycles. The molecule has 0 heterocycles. The highest BCUT2D eigenvalue weighted by molar-refractivity contribution is 14.1. The van der Waals surface area contributed by atoms with Crippen LogP contribution in [0.4, 0.5) is 8.78 Å². The van der Waals surface area contributed by atoms with Gasteiger partial charge >= 0.3 is 12.6 Å². The molecule has 0 amide bonds. The third-order valence-electron chi connectivity index (χ3n) is 2.13. The Morgan fingerprint density at radius 2 is 2.21 bits per heavy atom. The van der Waals surface area contributed by atoms with Crippen LogP contribution >= 0.6 is 22.6 Å². The molecular weight excluding hydrogens is 371 g/mol. The first kappa shape index (κ1) is 15.6. The molecule has 0 atom stereocenters. The fourth-order valence-corrected chi connectivity index (χ4v) is 2.04. The van der Waals surface area contributed by atoms with E-state index in [-0.39, 0.29) is 24.3 Å². The van der Waals surface area contributed by atoms with Gasteiger partial charge in [0.15, 0.2) is 0 Å². The van der Waals surface area contributed by atoms with E-state index in [2.05, 4.69) is 4.74 Å². The molecule has 102 valence electrons. The lowest BCUT2D eigenvalue weighted by Crippen LogP contribution is -2.10. The number of benzene rings is 1. The van der Waals surface area contributed by atoms with E-state index in [9.17, 15) is 13.6 Å². The SMILES string of the molecule is CCOC(=O)Cc1cc(OC(F)F)c(C#N)cc1I. The second-order valence-corrected chi connectivity index (χ2v) is 4.57. The van der Waals surface area contributed by atoms with E-state index in [1.807, 2.05) is 22.6 Å². The standard InChI is InChI=1S/C12H10F2INO3/c1-2-18-11(17)5-7-4-10(19-12(13)14)8(6-16)3-9(7)15/h3-4,12H,2,5H2,1H3. The monoisotopic (exact) mass is 381 g/mol. The number of carbonyl (C=O) groups is 1. The van der Waals surface area contributed by atoms with Crippen LogP contribution in [0.15, 0.2) is 12.1 Å². The Bertz CT molecular complexity index is 514. The number of hydrogen-bond donors (Lipinski definition) is 0. The van der Waals surface area contributed by atoms with Crippen LogP contribution in [0.5, 0.6) is 5.75 Å². The van der Waals surface area contributed by atoms with Gasteiger partial charge in [0.1, 0.15) is 11.8 Å². The summed E-state index contributed by atoms with van der Waals surface area (Å²) in [5.74, 6) is -0.703. The maximum absolute atomic E-state index is 12.2. The van der Waals surface area contributed by atoms with E-state index in [4.69, 9.17) is 10.00 Å². The molecule has 0 aliphatic heterocycles. The number of rotatable bonds is 5. The molecule has 19 heavy (non-hydrogen) atoms. The third-order valence-corrected chi connectivity index (χ3v) is 3.13. The highest BCUT2D eigenvalue weighted by atomic mass is 127. The van der Waals surface area contributed by atoms with Gasteiger partial charge in [0.2, 0.25) is 0 Å². The van der Waals surface area contributed by atoms with Crippen LogP contribution in [0.1, 0.15) is 18.1 Å². The van der Waals surface area contributed by atoms with Crippen LogP contribution in [0.3, 0.4) is 0 Å². The molecule has 0 saturated heterocycles. The normalized spacial score (nSPS) is 10.1. The van der Waals surface area contributed by atoms with Crippen molar-refractivity contribution in [3.63, 3.8) is 0 Å². The van der Waals surface area contributed by atoms with Gasteiger partial charge < -0.3 is 9.47 Å². The average Bonchev–Trinajstić information content (AvgIpc) is 2.32. The fraction of sp³-hybridized carbons (Fsp3) is 0.333. The Balaban J connectivity index is 3.05. The zero-order valence-electron chi connectivity index (χ0n) is 9.95. The van der Waals surface area contributed by atoms with Crippen molar-refractivity contribution in [3.05, 3.63) is 26.8 Å². The van der Waals surface area contributed by atoms with E-state index >= 15 is 0 Å². The van der Waals surface area contributed by atoms with Crippen LogP contribution in [0, 0.1) is 14.9 Å². The molecule has 1 aromatic carbocycles. The van der Waals surface area contributed by atoms with Crippen molar-refractivity contribution in [2.45, 2.75) is 20.0 Å². The first-order valence-corrected chi connectivity index (χ1v) is 6.38. The van der Waals surface area contributed by atoms with Gasteiger partial charge in [-0.2, -0.15) is 14.0 Å². The predicted molar refractivity (Wildman–Crippen MR) is 70.8 cm³/mol. The molecule has 0 saturated carbocycles. The third kappa shape index (κ3) is 4.63. The molecule has 0 spiro atoms. The Labute approximate surface area is 122 Å². The molecular formula is C12H10F2INO3. The maximum atomic E-state index is 12.2. The van der Waals surface area contributed by atoms with Crippen molar-refractivity contribution in [1.82, 2.24) is 0 Å². The summed E-state index contributed by atoms with van der Waals surface area (Å²) < 4.78 is 34.1. The van der Waals surface area contributed by atoms with Gasteiger partial charge in [-0.15, -0.1) is 0 Å². The van der Waals surface area contributed by atoms with Gasteiger partial charge in [-0.25, -0.2) is 0 Å². The summed E-state index contributed by atoms with van der Waals surface area (Å²) in [5.41, 5.74) is 0.478. The molecule has 1 aromatic rings. The summed E-state index contributed by atoms with van der Waals surface area (Å²) in [6.07, 6.45) is -0.0581. The minimum absolute atomic E-state index is 0.00249. The molecule has 0 bridgehead atoms. The minimum atomic E-state index is -3.03. The zero-order valence-corrected chi connectivity index (χ0v) is 12.1. The summed E-state index contributed by atoms with van der Waals surface area (Å²) in [5, 5.41) is 8.84. The Kier molecular flexibility index (Phi) is 5.95. The zero-order chi connectivity index (χ0) is 14.4. The summed E-state index contributed by atoms with van der Waals surface area (Å²) in [6, 6.07) is 4.43. The average molecular weight is 381 g/mol. The van der Waals surface area contributed by atoms with Crippen LogP contribution in [0.2, 0.25) is 0 Å². The quantitative estimate of drug-likeness (QED) is 0.582. The number of halogens is 3. The van der Waals surface area contributed by atoms with Crippen molar-refractivity contribution in [2.75, 3.05) is 6.61 Å². The first-order valence-electron chi connectivity index (χ1n) is 5.30. The summed E-state index contributed by atoms with van der Waals surface area (Å²) >= 11 is 1.92. The number of ether oxygens (including phenoxy) is 2. The number of carbonyl (C=O) groups excluding carboxylic acids is 1. The lowest BCUT2D eigenvalue weighted by Gasteiger charge is -2.10. The van der Waals surface area contributed by atoms with E-state index in [1.165, 1.54) is 12.1 Å². The first-order chi connectivity index (χ1) is 8.97. The van der Waals surface area contributed by atoms with E-state index in [0.717, 1.165) is 0 Å². The van der Waals surface area contributed by atoms with Crippen LogP contribution < -0.4 is 4.74 Å². The van der Waals surface area contributed by atoms with Gasteiger partial charge in [0.05, 0.1) is 18.6 Å². The Hall–Kier alpha value is -1.43. The molecule has 0 radical (unpaired) electrons. The lowest BCUT2D eigenvalue weighted by molar-refractivity contribution is -0.142. The highest BCUT2D eigenvalue weighted by Gasteiger charge is 2.15. The van der Waals surface area contributed by atoms with Crippen LogP contribution in [-0.4, -0.2) is 19.2 Å². The minimum Gasteiger partial charge on any atom is -0.466 e. The van der Waals surface area contributed by atoms with Crippen LogP contribution in [0.25, 0.3) is 0 Å². The van der Waals surface area contributed by atoms with E-state index < -0.39 is 12.6 Å². The van der Waals surface area contributed by atoms with Gasteiger partial charge in [0.25, 0.3) is 0 Å². The molecule has 0 fully saturated rings. The van der Waals surface area contributed by atoms with Gasteiger partial charge in [-0.1, -0.05) is 0 Å². The van der Waals surface area contributed by atoms with Crippen molar-refractivity contribution in [3.8, 4) is 11.8 Å². The van der Waals surface area contributed by atoms with Crippen molar-refractivity contribution < 1.29 is 23.0 Å². The molecule has 4 nitrogen and oxygen atoms in total. The second-order valence-electron chi connectivity index (χ2n) is 3.41. The van der Waals surface area contributed by atoms with E-state index in [0.29, 0.717) is 9.13 Å². The lowest BCUT2D eigenvalue weighted by atomic mass is 10.1. The van der Waals surface area contributed by atoms with Crippen molar-refractivity contribution in [2.24, 2.45) is 0 Å². The summed E-state index contributed by atoms with van der Waals surface area (Å²) in [7, 11) is 0. The predicted octanol–water partition coefficient (Wildman–Crippen LogP) is 2.87. The molecule has 0 aliphatic rings. The molecule has 7 heteroatoms. The fourth-order valence-electron chi connectivity index (χ4n) is 1.38. The highest BCUT2D eigenvalue weighted by Crippen LogP contribution is 2.26. The molecule has 0 aliphatic carbocycles. The Morgan fingerprint density at radius 1 is 1.53 bits per heavy atom. The second kappa shape index (κ2) is 7.23. The van der Waals surface area contributed by atoms with Gasteiger partial charge in [0, 0.05) is 3.57 Å². The molecule has 1 rings (SSSR count). The summed E-state index contributed by atoms with van der Waals surface area (Å²) in [4.78, 5) is 11.4. The Morgan fingerprint density at radius 3 is 2.74 bits per heavy atom. The molecule has 0 unspecified atom stereocenters. The van der Waals surface area contributed by atoms with Crippen molar-refractivity contribution >= 4 is 28.6 Å². The number of hydrogen-bond acceptors (Lipinski definition) is 4. The largest absolute Gasteiger partial charge is 0.466 e. The number of alkyl halides is 2. The maximum Gasteiger partial charge on any atom is 0.387 e. The van der Waals surface area contributed by atoms with Gasteiger partial charge in [-0.3, -0.25) is 4.79 Å². The number of nitriles is 1. The number of esters is 1. The van der Waals surface area contributed by atoms with Crippen LogP contribution in [-0.2, 0) is 16.0 Å². The van der Waals surface area contributed by atoms with Crippen molar-refractivity contribution in [1.29, 1.82) is 5.26 Å². The number of nitrogens with zero attached hydrogens (tertiary/aromatic N) is 1. The summed E-state index contributed by atoms with van der Waals surface area (Å²) in [6.45, 7) is -1.11. The van der Waals surface area contributed by atoms with E-state index in [1.54, 1.807) is 13.0 Å². The van der Waals surface area contributed by atoms with Gasteiger partial charge in [-0.05, 0) is 47.2 Å².